The minimum Gasteiger partial charge on any atom is -0.373 e. The molecule has 0 spiro atoms. The Morgan fingerprint density at radius 1 is 1.48 bits per heavy atom. The van der Waals surface area contributed by atoms with Gasteiger partial charge in [-0.15, -0.1) is 11.3 Å². The SMILES string of the molecule is CCc1cnc(C(C)Nc2nc(NC)ccc2[N+](=O)[O-])s1. The third kappa shape index (κ3) is 3.46. The van der Waals surface area contributed by atoms with Crippen molar-refractivity contribution in [1.29, 1.82) is 0 Å². The molecule has 1 unspecified atom stereocenters. The van der Waals surface area contributed by atoms with E-state index in [2.05, 4.69) is 27.5 Å². The number of hydrogen-bond acceptors (Lipinski definition) is 7. The van der Waals surface area contributed by atoms with Crippen molar-refractivity contribution in [2.24, 2.45) is 0 Å². The summed E-state index contributed by atoms with van der Waals surface area (Å²) in [7, 11) is 1.72. The van der Waals surface area contributed by atoms with Crippen LogP contribution in [0.2, 0.25) is 0 Å². The number of aryl methyl sites for hydroxylation is 1. The van der Waals surface area contributed by atoms with Crippen LogP contribution < -0.4 is 10.6 Å². The summed E-state index contributed by atoms with van der Waals surface area (Å²) in [4.78, 5) is 20.4. The lowest BCUT2D eigenvalue weighted by molar-refractivity contribution is -0.384. The molecule has 0 bridgehead atoms. The van der Waals surface area contributed by atoms with E-state index in [1.807, 2.05) is 13.1 Å². The Bertz CT molecular complexity index is 643. The van der Waals surface area contributed by atoms with Crippen molar-refractivity contribution in [3.05, 3.63) is 38.3 Å². The lowest BCUT2D eigenvalue weighted by Crippen LogP contribution is -2.10. The largest absolute Gasteiger partial charge is 0.373 e. The Kier molecular flexibility index (Phi) is 4.69. The van der Waals surface area contributed by atoms with Crippen LogP contribution in [0.5, 0.6) is 0 Å². The molecule has 0 aliphatic heterocycles. The van der Waals surface area contributed by atoms with E-state index in [-0.39, 0.29) is 17.5 Å². The van der Waals surface area contributed by atoms with Gasteiger partial charge in [0, 0.05) is 24.2 Å². The van der Waals surface area contributed by atoms with Gasteiger partial charge in [-0.3, -0.25) is 10.1 Å². The van der Waals surface area contributed by atoms with E-state index in [9.17, 15) is 10.1 Å². The molecule has 21 heavy (non-hydrogen) atoms. The molecule has 1 atom stereocenters. The average Bonchev–Trinajstić information content (AvgIpc) is 2.95. The van der Waals surface area contributed by atoms with Crippen LogP contribution in [0.25, 0.3) is 0 Å². The van der Waals surface area contributed by atoms with Crippen LogP contribution in [-0.2, 0) is 6.42 Å². The number of hydrogen-bond donors (Lipinski definition) is 2. The van der Waals surface area contributed by atoms with Gasteiger partial charge in [0.15, 0.2) is 0 Å². The van der Waals surface area contributed by atoms with Crippen LogP contribution in [0, 0.1) is 10.1 Å². The first-order chi connectivity index (χ1) is 10.0. The topological polar surface area (TPSA) is 93.0 Å². The number of thiazole rings is 1. The maximum Gasteiger partial charge on any atom is 0.311 e. The van der Waals surface area contributed by atoms with E-state index in [1.54, 1.807) is 24.5 Å². The zero-order valence-corrected chi connectivity index (χ0v) is 12.9. The van der Waals surface area contributed by atoms with Gasteiger partial charge >= 0.3 is 5.69 Å². The Labute approximate surface area is 126 Å². The third-order valence-corrected chi connectivity index (χ3v) is 4.29. The molecule has 0 radical (unpaired) electrons. The summed E-state index contributed by atoms with van der Waals surface area (Å²) >= 11 is 1.60. The molecule has 7 nitrogen and oxygen atoms in total. The zero-order valence-electron chi connectivity index (χ0n) is 12.1. The van der Waals surface area contributed by atoms with Crippen molar-refractivity contribution in [2.75, 3.05) is 17.7 Å². The third-order valence-electron chi connectivity index (χ3n) is 2.97. The summed E-state index contributed by atoms with van der Waals surface area (Å²) in [6, 6.07) is 2.87. The second-order valence-corrected chi connectivity index (χ2v) is 5.60. The molecular formula is C13H17N5O2S. The molecule has 2 N–H and O–H groups in total. The van der Waals surface area contributed by atoms with Crippen LogP contribution >= 0.6 is 11.3 Å². The van der Waals surface area contributed by atoms with E-state index in [0.717, 1.165) is 11.4 Å². The molecule has 8 heteroatoms. The second kappa shape index (κ2) is 6.49. The molecule has 0 saturated carbocycles. The summed E-state index contributed by atoms with van der Waals surface area (Å²) in [6.45, 7) is 3.98. The number of rotatable bonds is 6. The van der Waals surface area contributed by atoms with Crippen molar-refractivity contribution < 1.29 is 4.92 Å². The number of pyridine rings is 1. The molecular weight excluding hydrogens is 290 g/mol. The van der Waals surface area contributed by atoms with Gasteiger partial charge in [-0.1, -0.05) is 6.92 Å². The summed E-state index contributed by atoms with van der Waals surface area (Å²) in [6.07, 6.45) is 2.77. The van der Waals surface area contributed by atoms with Gasteiger partial charge in [-0.25, -0.2) is 9.97 Å². The summed E-state index contributed by atoms with van der Waals surface area (Å²) in [5, 5.41) is 17.9. The van der Waals surface area contributed by atoms with Gasteiger partial charge in [0.05, 0.1) is 11.0 Å². The van der Waals surface area contributed by atoms with Gasteiger partial charge in [0.25, 0.3) is 0 Å². The first-order valence-corrected chi connectivity index (χ1v) is 7.41. The number of nitro groups is 1. The Balaban J connectivity index is 2.26. The van der Waals surface area contributed by atoms with Crippen molar-refractivity contribution in [2.45, 2.75) is 26.3 Å². The van der Waals surface area contributed by atoms with Gasteiger partial charge in [0.2, 0.25) is 5.82 Å². The van der Waals surface area contributed by atoms with Crippen LogP contribution in [0.15, 0.2) is 18.3 Å². The normalized spacial score (nSPS) is 12.0. The number of anilines is 2. The van der Waals surface area contributed by atoms with Crippen LogP contribution in [0.4, 0.5) is 17.3 Å². The maximum absolute atomic E-state index is 11.1. The smallest absolute Gasteiger partial charge is 0.311 e. The second-order valence-electron chi connectivity index (χ2n) is 4.46. The molecule has 2 aromatic rings. The highest BCUT2D eigenvalue weighted by Gasteiger charge is 2.19. The average molecular weight is 307 g/mol. The molecule has 0 saturated heterocycles. The quantitative estimate of drug-likeness (QED) is 0.628. The summed E-state index contributed by atoms with van der Waals surface area (Å²) in [5.41, 5.74) is -0.0480. The monoisotopic (exact) mass is 307 g/mol. The first kappa shape index (κ1) is 15.2. The predicted molar refractivity (Wildman–Crippen MR) is 84.0 cm³/mol. The molecule has 2 aromatic heterocycles. The molecule has 2 rings (SSSR count). The van der Waals surface area contributed by atoms with Gasteiger partial charge in [0.1, 0.15) is 10.8 Å². The standard InChI is InChI=1S/C13H17N5O2S/c1-4-9-7-15-13(21-9)8(2)16-12-10(18(19)20)5-6-11(14-3)17-12/h5-8H,4H2,1-3H3,(H2,14,16,17). The molecule has 0 aliphatic rings. The highest BCUT2D eigenvalue weighted by molar-refractivity contribution is 7.11. The lowest BCUT2D eigenvalue weighted by Gasteiger charge is -2.13. The minimum absolute atomic E-state index is 0.0480. The van der Waals surface area contributed by atoms with E-state index in [1.165, 1.54) is 10.9 Å². The highest BCUT2D eigenvalue weighted by Crippen LogP contribution is 2.29. The highest BCUT2D eigenvalue weighted by atomic mass is 32.1. The van der Waals surface area contributed by atoms with E-state index in [4.69, 9.17) is 0 Å². The first-order valence-electron chi connectivity index (χ1n) is 6.59. The zero-order chi connectivity index (χ0) is 15.4. The Morgan fingerprint density at radius 3 is 2.81 bits per heavy atom. The molecule has 112 valence electrons. The number of nitrogens with one attached hydrogen (secondary N) is 2. The lowest BCUT2D eigenvalue weighted by atomic mass is 10.3. The predicted octanol–water partition coefficient (Wildman–Crippen LogP) is 3.22. The molecule has 0 amide bonds. The van der Waals surface area contributed by atoms with Crippen molar-refractivity contribution in [1.82, 2.24) is 9.97 Å². The molecule has 0 fully saturated rings. The number of nitrogens with zero attached hydrogens (tertiary/aromatic N) is 3. The molecule has 0 aromatic carbocycles. The van der Waals surface area contributed by atoms with Crippen LogP contribution in [0.1, 0.15) is 29.8 Å². The van der Waals surface area contributed by atoms with E-state index < -0.39 is 4.92 Å². The fourth-order valence-corrected chi connectivity index (χ4v) is 2.66. The van der Waals surface area contributed by atoms with Crippen LogP contribution in [-0.4, -0.2) is 21.9 Å². The Hall–Kier alpha value is -2.22. The Morgan fingerprint density at radius 2 is 2.24 bits per heavy atom. The summed E-state index contributed by atoms with van der Waals surface area (Å²) in [5.74, 6) is 0.816. The fourth-order valence-electron chi connectivity index (χ4n) is 1.80. The molecule has 0 aliphatic carbocycles. The van der Waals surface area contributed by atoms with E-state index >= 15 is 0 Å². The van der Waals surface area contributed by atoms with Gasteiger partial charge in [-0.2, -0.15) is 0 Å². The van der Waals surface area contributed by atoms with Crippen molar-refractivity contribution in [3.8, 4) is 0 Å². The molecule has 2 heterocycles. The maximum atomic E-state index is 11.1. The van der Waals surface area contributed by atoms with E-state index in [0.29, 0.717) is 5.82 Å². The van der Waals surface area contributed by atoms with Gasteiger partial charge in [-0.05, 0) is 19.4 Å². The minimum atomic E-state index is -0.444. The van der Waals surface area contributed by atoms with Crippen LogP contribution in [0.3, 0.4) is 0 Å². The summed E-state index contributed by atoms with van der Waals surface area (Å²) < 4.78 is 0. The van der Waals surface area contributed by atoms with Crippen molar-refractivity contribution >= 4 is 28.7 Å². The fraction of sp³-hybridized carbons (Fsp3) is 0.385. The van der Waals surface area contributed by atoms with Crippen molar-refractivity contribution in [3.63, 3.8) is 0 Å². The number of aromatic nitrogens is 2. The van der Waals surface area contributed by atoms with Gasteiger partial charge < -0.3 is 10.6 Å².